The number of amides is 2. The fourth-order valence-corrected chi connectivity index (χ4v) is 3.73. The molecule has 1 rings (SSSR count). The number of hydrogen-bond donors (Lipinski definition) is 1. The number of sulfone groups is 1. The largest absolute Gasteiger partial charge is 0.351 e. The van der Waals surface area contributed by atoms with Gasteiger partial charge in [-0.3, -0.25) is 9.59 Å². The molecular formula is C12H22N2O4S. The summed E-state index contributed by atoms with van der Waals surface area (Å²) in [5.41, 5.74) is 0. The van der Waals surface area contributed by atoms with Crippen molar-refractivity contribution in [3.05, 3.63) is 0 Å². The van der Waals surface area contributed by atoms with Gasteiger partial charge in [0.15, 0.2) is 9.84 Å². The Hall–Kier alpha value is -1.11. The maximum Gasteiger partial charge on any atom is 0.239 e. The van der Waals surface area contributed by atoms with E-state index in [1.54, 1.807) is 0 Å². The van der Waals surface area contributed by atoms with Crippen LogP contribution in [0.15, 0.2) is 0 Å². The van der Waals surface area contributed by atoms with Gasteiger partial charge in [-0.1, -0.05) is 13.3 Å². The lowest BCUT2D eigenvalue weighted by Crippen LogP contribution is -2.44. The van der Waals surface area contributed by atoms with E-state index in [-0.39, 0.29) is 35.9 Å². The van der Waals surface area contributed by atoms with E-state index in [9.17, 15) is 18.0 Å². The summed E-state index contributed by atoms with van der Waals surface area (Å²) < 4.78 is 22.6. The Balaban J connectivity index is 2.42. The number of rotatable bonds is 6. The van der Waals surface area contributed by atoms with Gasteiger partial charge in [-0.05, 0) is 12.8 Å². The molecule has 0 aromatic carbocycles. The predicted octanol–water partition coefficient (Wildman–Crippen LogP) is -0.0617. The number of nitrogens with zero attached hydrogens (tertiary/aromatic N) is 1. The number of unbranched alkanes of at least 4 members (excludes halogenated alkanes) is 1. The second kappa shape index (κ2) is 6.88. The van der Waals surface area contributed by atoms with Crippen LogP contribution in [0.1, 0.15) is 33.1 Å². The highest BCUT2D eigenvalue weighted by Crippen LogP contribution is 2.11. The van der Waals surface area contributed by atoms with Crippen LogP contribution in [-0.4, -0.2) is 55.8 Å². The van der Waals surface area contributed by atoms with Crippen molar-refractivity contribution in [2.45, 2.75) is 39.2 Å². The molecule has 1 heterocycles. The predicted molar refractivity (Wildman–Crippen MR) is 72.4 cm³/mol. The fourth-order valence-electron chi connectivity index (χ4n) is 2.05. The van der Waals surface area contributed by atoms with Crippen LogP contribution in [0, 0.1) is 0 Å². The normalized spacial score (nSPS) is 21.1. The zero-order valence-corrected chi connectivity index (χ0v) is 12.3. The molecule has 0 radical (unpaired) electrons. The maximum atomic E-state index is 11.8. The Morgan fingerprint density at radius 3 is 2.53 bits per heavy atom. The van der Waals surface area contributed by atoms with Gasteiger partial charge in [0.05, 0.1) is 18.1 Å². The van der Waals surface area contributed by atoms with E-state index < -0.39 is 9.84 Å². The van der Waals surface area contributed by atoms with E-state index in [1.165, 1.54) is 11.8 Å². The molecule has 6 nitrogen and oxygen atoms in total. The number of nitrogens with one attached hydrogen (secondary N) is 1. The van der Waals surface area contributed by atoms with Gasteiger partial charge in [-0.15, -0.1) is 0 Å². The van der Waals surface area contributed by atoms with Crippen LogP contribution in [0.5, 0.6) is 0 Å². The number of carbonyl (C=O) groups is 2. The molecule has 1 atom stereocenters. The molecule has 0 saturated carbocycles. The lowest BCUT2D eigenvalue weighted by Gasteiger charge is -2.21. The lowest BCUT2D eigenvalue weighted by atomic mass is 10.2. The van der Waals surface area contributed by atoms with Gasteiger partial charge in [0.2, 0.25) is 11.8 Å². The Bertz CT molecular complexity index is 433. The van der Waals surface area contributed by atoms with Crippen molar-refractivity contribution in [1.82, 2.24) is 10.2 Å². The molecule has 7 heteroatoms. The van der Waals surface area contributed by atoms with E-state index in [2.05, 4.69) is 5.32 Å². The Labute approximate surface area is 114 Å². The summed E-state index contributed by atoms with van der Waals surface area (Å²) in [5.74, 6) is -0.283. The first-order chi connectivity index (χ1) is 8.84. The number of carbonyl (C=O) groups excluding carboxylic acids is 2. The first-order valence-electron chi connectivity index (χ1n) is 6.59. The molecule has 0 aromatic heterocycles. The topological polar surface area (TPSA) is 83.6 Å². The number of hydrogen-bond acceptors (Lipinski definition) is 4. The zero-order chi connectivity index (χ0) is 14.5. The molecule has 1 unspecified atom stereocenters. The summed E-state index contributed by atoms with van der Waals surface area (Å²) in [7, 11) is -3.00. The SMILES string of the molecule is CCCCN(CC(=O)NC1CCS(=O)(=O)C1)C(C)=O. The minimum Gasteiger partial charge on any atom is -0.351 e. The molecule has 1 N–H and O–H groups in total. The summed E-state index contributed by atoms with van der Waals surface area (Å²) in [6, 6.07) is -0.308. The Kier molecular flexibility index (Phi) is 5.78. The van der Waals surface area contributed by atoms with Crippen LogP contribution < -0.4 is 5.32 Å². The molecule has 0 spiro atoms. The van der Waals surface area contributed by atoms with Gasteiger partial charge in [0.1, 0.15) is 0 Å². The van der Waals surface area contributed by atoms with Crippen molar-refractivity contribution >= 4 is 21.7 Å². The molecule has 2 amide bonds. The molecule has 0 bridgehead atoms. The molecule has 1 aliphatic rings. The van der Waals surface area contributed by atoms with Crippen LogP contribution in [0.2, 0.25) is 0 Å². The van der Waals surface area contributed by atoms with Crippen molar-refractivity contribution in [2.24, 2.45) is 0 Å². The average molecular weight is 290 g/mol. The standard InChI is InChI=1S/C12H22N2O4S/c1-3-4-6-14(10(2)15)8-12(16)13-11-5-7-19(17,18)9-11/h11H,3-9H2,1-2H3,(H,13,16). The van der Waals surface area contributed by atoms with Gasteiger partial charge in [-0.2, -0.15) is 0 Å². The van der Waals surface area contributed by atoms with Crippen LogP contribution in [-0.2, 0) is 19.4 Å². The Morgan fingerprint density at radius 2 is 2.05 bits per heavy atom. The molecule has 1 aliphatic heterocycles. The summed E-state index contributed by atoms with van der Waals surface area (Å²) in [6.45, 7) is 4.01. The van der Waals surface area contributed by atoms with E-state index in [1.807, 2.05) is 6.92 Å². The Morgan fingerprint density at radius 1 is 1.37 bits per heavy atom. The minimum absolute atomic E-state index is 0.00583. The zero-order valence-electron chi connectivity index (χ0n) is 11.5. The van der Waals surface area contributed by atoms with Gasteiger partial charge in [0, 0.05) is 19.5 Å². The maximum absolute atomic E-state index is 11.8. The second-order valence-corrected chi connectivity index (χ2v) is 7.19. The van der Waals surface area contributed by atoms with Crippen LogP contribution in [0.3, 0.4) is 0 Å². The van der Waals surface area contributed by atoms with Crippen LogP contribution >= 0.6 is 0 Å². The third-order valence-electron chi connectivity index (χ3n) is 3.16. The molecule has 1 saturated heterocycles. The van der Waals surface area contributed by atoms with Crippen molar-refractivity contribution in [1.29, 1.82) is 0 Å². The summed E-state index contributed by atoms with van der Waals surface area (Å²) in [4.78, 5) is 24.7. The fraction of sp³-hybridized carbons (Fsp3) is 0.833. The van der Waals surface area contributed by atoms with E-state index >= 15 is 0 Å². The van der Waals surface area contributed by atoms with Gasteiger partial charge >= 0.3 is 0 Å². The summed E-state index contributed by atoms with van der Waals surface area (Å²) in [5, 5.41) is 2.68. The molecule has 0 aromatic rings. The monoisotopic (exact) mass is 290 g/mol. The smallest absolute Gasteiger partial charge is 0.239 e. The van der Waals surface area contributed by atoms with Crippen molar-refractivity contribution in [3.8, 4) is 0 Å². The molecular weight excluding hydrogens is 268 g/mol. The van der Waals surface area contributed by atoms with E-state index in [4.69, 9.17) is 0 Å². The summed E-state index contributed by atoms with van der Waals surface area (Å²) in [6.07, 6.45) is 2.26. The second-order valence-electron chi connectivity index (χ2n) is 4.96. The van der Waals surface area contributed by atoms with Crippen LogP contribution in [0.4, 0.5) is 0 Å². The third-order valence-corrected chi connectivity index (χ3v) is 4.93. The first kappa shape index (κ1) is 15.9. The highest BCUT2D eigenvalue weighted by Gasteiger charge is 2.29. The quantitative estimate of drug-likeness (QED) is 0.743. The highest BCUT2D eigenvalue weighted by molar-refractivity contribution is 7.91. The van der Waals surface area contributed by atoms with Crippen molar-refractivity contribution in [2.75, 3.05) is 24.6 Å². The average Bonchev–Trinajstić information content (AvgIpc) is 2.63. The summed E-state index contributed by atoms with van der Waals surface area (Å²) >= 11 is 0. The van der Waals surface area contributed by atoms with Gasteiger partial charge < -0.3 is 10.2 Å². The molecule has 1 fully saturated rings. The lowest BCUT2D eigenvalue weighted by molar-refractivity contribution is -0.134. The first-order valence-corrected chi connectivity index (χ1v) is 8.41. The highest BCUT2D eigenvalue weighted by atomic mass is 32.2. The van der Waals surface area contributed by atoms with Crippen molar-refractivity contribution in [3.63, 3.8) is 0 Å². The molecule has 0 aliphatic carbocycles. The molecule has 110 valence electrons. The third kappa shape index (κ3) is 5.59. The van der Waals surface area contributed by atoms with E-state index in [0.717, 1.165) is 12.8 Å². The van der Waals surface area contributed by atoms with Crippen LogP contribution in [0.25, 0.3) is 0 Å². The van der Waals surface area contributed by atoms with Crippen molar-refractivity contribution < 1.29 is 18.0 Å². The minimum atomic E-state index is -3.00. The van der Waals surface area contributed by atoms with Gasteiger partial charge in [-0.25, -0.2) is 8.42 Å². The van der Waals surface area contributed by atoms with E-state index in [0.29, 0.717) is 13.0 Å². The van der Waals surface area contributed by atoms with Gasteiger partial charge in [0.25, 0.3) is 0 Å². The molecule has 19 heavy (non-hydrogen) atoms.